The SMILES string of the molecule is COCOc1c(C)cccc1Pc1c(C)cccc1/C(C)=N/c1ccccc1. The molecule has 0 heterocycles. The van der Waals surface area contributed by atoms with Gasteiger partial charge in [0.25, 0.3) is 0 Å². The van der Waals surface area contributed by atoms with Crippen molar-refractivity contribution in [1.29, 1.82) is 0 Å². The zero-order valence-corrected chi connectivity index (χ0v) is 17.8. The van der Waals surface area contributed by atoms with Crippen LogP contribution in [0.15, 0.2) is 71.7 Å². The van der Waals surface area contributed by atoms with Gasteiger partial charge in [-0.05, 0) is 49.3 Å². The average molecular weight is 391 g/mol. The van der Waals surface area contributed by atoms with Crippen molar-refractivity contribution in [2.45, 2.75) is 20.8 Å². The molecule has 0 fully saturated rings. The summed E-state index contributed by atoms with van der Waals surface area (Å²) in [6, 6.07) is 22.8. The van der Waals surface area contributed by atoms with Gasteiger partial charge in [-0.2, -0.15) is 0 Å². The third kappa shape index (κ3) is 4.86. The predicted octanol–water partition coefficient (Wildman–Crippen LogP) is 5.06. The van der Waals surface area contributed by atoms with E-state index in [1.807, 2.05) is 30.3 Å². The van der Waals surface area contributed by atoms with Crippen molar-refractivity contribution in [2.24, 2.45) is 4.99 Å². The first-order valence-corrected chi connectivity index (χ1v) is 10.3. The first-order valence-electron chi connectivity index (χ1n) is 9.29. The molecule has 144 valence electrons. The number of hydrogen-bond acceptors (Lipinski definition) is 3. The molecule has 0 aliphatic rings. The second-order valence-corrected chi connectivity index (χ2v) is 7.95. The lowest BCUT2D eigenvalue weighted by molar-refractivity contribution is 0.0514. The van der Waals surface area contributed by atoms with Crippen LogP contribution in [0.5, 0.6) is 5.75 Å². The van der Waals surface area contributed by atoms with Crippen molar-refractivity contribution in [2.75, 3.05) is 13.9 Å². The summed E-state index contributed by atoms with van der Waals surface area (Å²) in [4.78, 5) is 4.83. The number of aryl methyl sites for hydroxylation is 2. The van der Waals surface area contributed by atoms with Crippen molar-refractivity contribution in [1.82, 2.24) is 0 Å². The fraction of sp³-hybridized carbons (Fsp3) is 0.208. The highest BCUT2D eigenvalue weighted by atomic mass is 31.1. The summed E-state index contributed by atoms with van der Waals surface area (Å²) in [5, 5.41) is 2.48. The summed E-state index contributed by atoms with van der Waals surface area (Å²) >= 11 is 0. The van der Waals surface area contributed by atoms with E-state index in [9.17, 15) is 0 Å². The van der Waals surface area contributed by atoms with Crippen LogP contribution in [-0.4, -0.2) is 19.6 Å². The van der Waals surface area contributed by atoms with Gasteiger partial charge in [-0.25, -0.2) is 0 Å². The lowest BCUT2D eigenvalue weighted by Gasteiger charge is -2.17. The van der Waals surface area contributed by atoms with E-state index in [1.54, 1.807) is 7.11 Å². The Kier molecular flexibility index (Phi) is 6.97. The lowest BCUT2D eigenvalue weighted by atomic mass is 10.1. The molecule has 0 bridgehead atoms. The topological polar surface area (TPSA) is 30.8 Å². The van der Waals surface area contributed by atoms with E-state index in [0.717, 1.165) is 22.7 Å². The number of rotatable bonds is 7. The second-order valence-electron chi connectivity index (χ2n) is 6.66. The number of nitrogens with zero attached hydrogens (tertiary/aromatic N) is 1. The lowest BCUT2D eigenvalue weighted by Crippen LogP contribution is -2.18. The number of methoxy groups -OCH3 is 1. The Labute approximate surface area is 169 Å². The zero-order valence-electron chi connectivity index (χ0n) is 16.8. The molecule has 0 radical (unpaired) electrons. The smallest absolute Gasteiger partial charge is 0.188 e. The molecule has 1 unspecified atom stereocenters. The van der Waals surface area contributed by atoms with Gasteiger partial charge >= 0.3 is 0 Å². The molecule has 3 aromatic rings. The highest BCUT2D eigenvalue weighted by Crippen LogP contribution is 2.26. The maximum atomic E-state index is 5.88. The van der Waals surface area contributed by atoms with Crippen LogP contribution in [0.25, 0.3) is 0 Å². The summed E-state index contributed by atoms with van der Waals surface area (Å²) in [6.07, 6.45) is 0. The molecule has 0 saturated heterocycles. The second kappa shape index (κ2) is 9.64. The van der Waals surface area contributed by atoms with Gasteiger partial charge in [-0.1, -0.05) is 63.2 Å². The van der Waals surface area contributed by atoms with Crippen LogP contribution in [0.1, 0.15) is 23.6 Å². The van der Waals surface area contributed by atoms with Crippen LogP contribution in [0.4, 0.5) is 5.69 Å². The molecular weight excluding hydrogens is 365 g/mol. The number of ether oxygens (including phenoxy) is 2. The molecule has 4 heteroatoms. The molecule has 0 aromatic heterocycles. The Bertz CT molecular complexity index is 968. The summed E-state index contributed by atoms with van der Waals surface area (Å²) in [5.41, 5.74) is 5.55. The predicted molar refractivity (Wildman–Crippen MR) is 121 cm³/mol. The van der Waals surface area contributed by atoms with E-state index >= 15 is 0 Å². The van der Waals surface area contributed by atoms with E-state index in [0.29, 0.717) is 8.58 Å². The van der Waals surface area contributed by atoms with E-state index in [4.69, 9.17) is 14.5 Å². The van der Waals surface area contributed by atoms with Crippen LogP contribution in [0.3, 0.4) is 0 Å². The highest BCUT2D eigenvalue weighted by Gasteiger charge is 2.14. The van der Waals surface area contributed by atoms with Crippen molar-refractivity contribution < 1.29 is 9.47 Å². The fourth-order valence-electron chi connectivity index (χ4n) is 3.09. The van der Waals surface area contributed by atoms with Crippen molar-refractivity contribution in [3.05, 3.63) is 83.4 Å². The highest BCUT2D eigenvalue weighted by molar-refractivity contribution is 7.56. The minimum absolute atomic E-state index is 0.247. The van der Waals surface area contributed by atoms with Crippen LogP contribution in [-0.2, 0) is 4.74 Å². The number of aliphatic imine (C=N–C) groups is 1. The number of hydrogen-bond donors (Lipinski definition) is 0. The molecule has 3 nitrogen and oxygen atoms in total. The molecule has 0 N–H and O–H groups in total. The Hall–Kier alpha value is -2.48. The van der Waals surface area contributed by atoms with Crippen LogP contribution < -0.4 is 15.3 Å². The quantitative estimate of drug-likeness (QED) is 0.320. The first kappa shape index (κ1) is 20.3. The molecule has 3 aromatic carbocycles. The van der Waals surface area contributed by atoms with E-state index in [-0.39, 0.29) is 6.79 Å². The van der Waals surface area contributed by atoms with Crippen molar-refractivity contribution in [3.8, 4) is 5.75 Å². The normalized spacial score (nSPS) is 11.9. The molecule has 3 rings (SSSR count). The molecular formula is C24H26NO2P. The third-order valence-electron chi connectivity index (χ3n) is 4.51. The first-order chi connectivity index (χ1) is 13.6. The van der Waals surface area contributed by atoms with Crippen LogP contribution in [0.2, 0.25) is 0 Å². The standard InChI is InChI=1S/C24H26NO2P/c1-17-10-9-15-22(23(17)27-16-26-4)28-24-18(2)11-8-14-21(24)19(3)25-20-12-6-5-7-13-20/h5-15,28H,16H2,1-4H3/b25-19+. The van der Waals surface area contributed by atoms with Gasteiger partial charge in [0.15, 0.2) is 6.79 Å². The molecule has 1 atom stereocenters. The summed E-state index contributed by atoms with van der Waals surface area (Å²) < 4.78 is 11.0. The van der Waals surface area contributed by atoms with E-state index in [2.05, 4.69) is 57.2 Å². The summed E-state index contributed by atoms with van der Waals surface area (Å²) in [7, 11) is 2.11. The van der Waals surface area contributed by atoms with Gasteiger partial charge in [0.1, 0.15) is 5.75 Å². The van der Waals surface area contributed by atoms with Crippen molar-refractivity contribution >= 4 is 30.6 Å². The van der Waals surface area contributed by atoms with Crippen LogP contribution >= 0.6 is 8.58 Å². The Morgan fingerprint density at radius 2 is 1.61 bits per heavy atom. The molecule has 0 spiro atoms. The third-order valence-corrected chi connectivity index (χ3v) is 6.09. The summed E-state index contributed by atoms with van der Waals surface area (Å²) in [5.74, 6) is 0.912. The maximum absolute atomic E-state index is 5.88. The van der Waals surface area contributed by atoms with Gasteiger partial charge in [0.2, 0.25) is 0 Å². The average Bonchev–Trinajstić information content (AvgIpc) is 2.69. The molecule has 0 aliphatic heterocycles. The largest absolute Gasteiger partial charge is 0.467 e. The monoisotopic (exact) mass is 391 g/mol. The minimum atomic E-state index is 0.247. The number of benzene rings is 3. The summed E-state index contributed by atoms with van der Waals surface area (Å²) in [6.45, 7) is 6.55. The van der Waals surface area contributed by atoms with Gasteiger partial charge in [-0.3, -0.25) is 4.99 Å². The Morgan fingerprint density at radius 1 is 0.893 bits per heavy atom. The molecule has 0 saturated carbocycles. The van der Waals surface area contributed by atoms with Gasteiger partial charge in [0.05, 0.1) is 5.69 Å². The van der Waals surface area contributed by atoms with Crippen LogP contribution in [0, 0.1) is 13.8 Å². The fourth-order valence-corrected chi connectivity index (χ4v) is 4.60. The van der Waals surface area contributed by atoms with Gasteiger partial charge in [0, 0.05) is 23.7 Å². The molecule has 0 amide bonds. The zero-order chi connectivity index (χ0) is 19.9. The van der Waals surface area contributed by atoms with E-state index < -0.39 is 0 Å². The van der Waals surface area contributed by atoms with Crippen molar-refractivity contribution in [3.63, 3.8) is 0 Å². The minimum Gasteiger partial charge on any atom is -0.467 e. The molecule has 28 heavy (non-hydrogen) atoms. The van der Waals surface area contributed by atoms with E-state index in [1.165, 1.54) is 21.7 Å². The number of para-hydroxylation sites is 2. The van der Waals surface area contributed by atoms with Gasteiger partial charge < -0.3 is 9.47 Å². The molecule has 0 aliphatic carbocycles. The van der Waals surface area contributed by atoms with Gasteiger partial charge in [-0.15, -0.1) is 0 Å². The Morgan fingerprint density at radius 3 is 2.36 bits per heavy atom. The Balaban J connectivity index is 2.00. The maximum Gasteiger partial charge on any atom is 0.188 e.